The lowest BCUT2D eigenvalue weighted by atomic mass is 10.2. The van der Waals surface area contributed by atoms with Crippen molar-refractivity contribution in [1.82, 2.24) is 5.43 Å². The minimum Gasteiger partial charge on any atom is -0.483 e. The van der Waals surface area contributed by atoms with Gasteiger partial charge >= 0.3 is 5.97 Å². The molecule has 7 nitrogen and oxygen atoms in total. The molecule has 148 valence electrons. The maximum absolute atomic E-state index is 11.9. The number of halogens is 2. The zero-order valence-electron chi connectivity index (χ0n) is 14.8. The van der Waals surface area contributed by atoms with E-state index in [1.54, 1.807) is 48.5 Å². The van der Waals surface area contributed by atoms with Crippen LogP contribution in [-0.4, -0.2) is 24.7 Å². The van der Waals surface area contributed by atoms with E-state index in [9.17, 15) is 9.59 Å². The molecular weight excluding hydrogens is 464 g/mol. The number of carbonyl (C=O) groups is 2. The van der Waals surface area contributed by atoms with Gasteiger partial charge in [0.05, 0.1) is 17.0 Å². The van der Waals surface area contributed by atoms with Crippen molar-refractivity contribution in [3.8, 4) is 11.5 Å². The van der Waals surface area contributed by atoms with E-state index in [0.29, 0.717) is 26.6 Å². The Morgan fingerprint density at radius 2 is 2.03 bits per heavy atom. The molecule has 0 saturated heterocycles. The number of ether oxygens (including phenoxy) is 2. The summed E-state index contributed by atoms with van der Waals surface area (Å²) in [7, 11) is 0. The van der Waals surface area contributed by atoms with Crippen LogP contribution in [0.1, 0.15) is 16.1 Å². The number of carbonyl (C=O) groups excluding carboxylic acids is 2. The summed E-state index contributed by atoms with van der Waals surface area (Å²) in [5.41, 5.74) is 2.98. The lowest BCUT2D eigenvalue weighted by Gasteiger charge is -2.07. The topological polar surface area (TPSA) is 90.1 Å². The third-order valence-electron chi connectivity index (χ3n) is 3.45. The molecule has 3 aromatic rings. The van der Waals surface area contributed by atoms with Gasteiger partial charge in [-0.3, -0.25) is 4.79 Å². The van der Waals surface area contributed by atoms with E-state index in [-0.39, 0.29) is 12.4 Å². The molecule has 0 radical (unpaired) electrons. The molecule has 0 fully saturated rings. The summed E-state index contributed by atoms with van der Waals surface area (Å²) in [5.74, 6) is -0.146. The normalized spacial score (nSPS) is 10.7. The lowest BCUT2D eigenvalue weighted by molar-refractivity contribution is -0.123. The molecule has 1 amide bonds. The number of esters is 1. The zero-order valence-corrected chi connectivity index (χ0v) is 17.1. The molecule has 3 rings (SSSR count). The van der Waals surface area contributed by atoms with Crippen molar-refractivity contribution >= 4 is 45.6 Å². The highest BCUT2D eigenvalue weighted by molar-refractivity contribution is 9.10. The second-order valence-electron chi connectivity index (χ2n) is 5.60. The molecular formula is C20H14BrClN2O5. The summed E-state index contributed by atoms with van der Waals surface area (Å²) in [5, 5.41) is 4.42. The van der Waals surface area contributed by atoms with Gasteiger partial charge < -0.3 is 13.9 Å². The number of furan rings is 1. The minimum absolute atomic E-state index is 0.101. The Hall–Kier alpha value is -3.10. The number of benzene rings is 2. The van der Waals surface area contributed by atoms with Crippen LogP contribution in [0.2, 0.25) is 5.02 Å². The van der Waals surface area contributed by atoms with Crippen LogP contribution < -0.4 is 14.9 Å². The Morgan fingerprint density at radius 3 is 2.79 bits per heavy atom. The monoisotopic (exact) mass is 476 g/mol. The Kier molecular flexibility index (Phi) is 7.04. The summed E-state index contributed by atoms with van der Waals surface area (Å²) in [6.07, 6.45) is 2.80. The van der Waals surface area contributed by atoms with E-state index in [1.165, 1.54) is 18.5 Å². The standard InChI is InChI=1S/C20H14BrClN2O5/c21-16-10-14(22)6-7-17(16)28-12-19(25)24-23-11-13-3-1-4-15(9-13)29-20(26)18-5-2-8-27-18/h1-11H,12H2,(H,24,25)/b23-11+. The van der Waals surface area contributed by atoms with Gasteiger partial charge in [0, 0.05) is 5.02 Å². The molecule has 0 unspecified atom stereocenters. The molecule has 0 aliphatic carbocycles. The molecule has 0 aliphatic heterocycles. The molecule has 29 heavy (non-hydrogen) atoms. The number of nitrogens with zero attached hydrogens (tertiary/aromatic N) is 1. The Labute approximate surface area is 179 Å². The van der Waals surface area contributed by atoms with Crippen molar-refractivity contribution in [2.75, 3.05) is 6.61 Å². The fourth-order valence-electron chi connectivity index (χ4n) is 2.16. The highest BCUT2D eigenvalue weighted by atomic mass is 79.9. The Balaban J connectivity index is 1.50. The predicted molar refractivity (Wildman–Crippen MR) is 110 cm³/mol. The first-order chi connectivity index (χ1) is 14.0. The fourth-order valence-corrected chi connectivity index (χ4v) is 2.95. The Bertz CT molecular complexity index is 1040. The van der Waals surface area contributed by atoms with E-state index in [1.807, 2.05) is 0 Å². The van der Waals surface area contributed by atoms with Crippen LogP contribution in [-0.2, 0) is 4.79 Å². The molecule has 0 spiro atoms. The molecule has 1 heterocycles. The van der Waals surface area contributed by atoms with Crippen molar-refractivity contribution < 1.29 is 23.5 Å². The number of hydrogen-bond acceptors (Lipinski definition) is 6. The number of rotatable bonds is 7. The van der Waals surface area contributed by atoms with Crippen molar-refractivity contribution in [2.24, 2.45) is 5.10 Å². The lowest BCUT2D eigenvalue weighted by Crippen LogP contribution is -2.24. The van der Waals surface area contributed by atoms with Crippen LogP contribution >= 0.6 is 27.5 Å². The smallest absolute Gasteiger partial charge is 0.379 e. The van der Waals surface area contributed by atoms with Crippen molar-refractivity contribution in [3.05, 3.63) is 81.7 Å². The number of hydrogen-bond donors (Lipinski definition) is 1. The van der Waals surface area contributed by atoms with Gasteiger partial charge in [0.25, 0.3) is 5.91 Å². The highest BCUT2D eigenvalue weighted by Gasteiger charge is 2.11. The van der Waals surface area contributed by atoms with Gasteiger partial charge in [-0.05, 0) is 64.0 Å². The van der Waals surface area contributed by atoms with Crippen LogP contribution in [0.4, 0.5) is 0 Å². The Morgan fingerprint density at radius 1 is 1.17 bits per heavy atom. The van der Waals surface area contributed by atoms with E-state index in [4.69, 9.17) is 25.5 Å². The van der Waals surface area contributed by atoms with E-state index in [0.717, 1.165) is 0 Å². The maximum Gasteiger partial charge on any atom is 0.379 e. The molecule has 0 bridgehead atoms. The van der Waals surface area contributed by atoms with E-state index < -0.39 is 11.9 Å². The zero-order chi connectivity index (χ0) is 20.6. The van der Waals surface area contributed by atoms with E-state index in [2.05, 4.69) is 26.5 Å². The first-order valence-corrected chi connectivity index (χ1v) is 9.44. The first-order valence-electron chi connectivity index (χ1n) is 8.27. The molecule has 0 aliphatic rings. The summed E-state index contributed by atoms with van der Waals surface area (Å²) >= 11 is 9.16. The first kappa shape index (κ1) is 20.6. The summed E-state index contributed by atoms with van der Waals surface area (Å²) < 4.78 is 16.2. The van der Waals surface area contributed by atoms with Crippen molar-refractivity contribution in [2.45, 2.75) is 0 Å². The average molecular weight is 478 g/mol. The van der Waals surface area contributed by atoms with Gasteiger partial charge in [-0.25, -0.2) is 10.2 Å². The fraction of sp³-hybridized carbons (Fsp3) is 0.0500. The van der Waals surface area contributed by atoms with Gasteiger partial charge in [-0.1, -0.05) is 23.7 Å². The molecule has 1 N–H and O–H groups in total. The van der Waals surface area contributed by atoms with Gasteiger partial charge in [0.2, 0.25) is 5.76 Å². The molecule has 1 aromatic heterocycles. The quantitative estimate of drug-likeness (QED) is 0.235. The molecule has 2 aromatic carbocycles. The highest BCUT2D eigenvalue weighted by Crippen LogP contribution is 2.27. The minimum atomic E-state index is -0.608. The van der Waals surface area contributed by atoms with E-state index >= 15 is 0 Å². The summed E-state index contributed by atoms with van der Waals surface area (Å²) in [4.78, 5) is 23.7. The third kappa shape index (κ3) is 6.20. The number of hydrazone groups is 1. The largest absolute Gasteiger partial charge is 0.483 e. The van der Waals surface area contributed by atoms with Crippen LogP contribution in [0.15, 0.2) is 74.9 Å². The van der Waals surface area contributed by atoms with Crippen molar-refractivity contribution in [3.63, 3.8) is 0 Å². The van der Waals surface area contributed by atoms with Crippen molar-refractivity contribution in [1.29, 1.82) is 0 Å². The van der Waals surface area contributed by atoms with Crippen LogP contribution in [0.5, 0.6) is 11.5 Å². The summed E-state index contributed by atoms with van der Waals surface area (Å²) in [6, 6.07) is 14.7. The van der Waals surface area contributed by atoms with Gasteiger partial charge in [-0.2, -0.15) is 5.10 Å². The summed E-state index contributed by atoms with van der Waals surface area (Å²) in [6.45, 7) is -0.224. The SMILES string of the molecule is O=C(COc1ccc(Cl)cc1Br)N/N=C/c1cccc(OC(=O)c2ccco2)c1. The van der Waals surface area contributed by atoms with Gasteiger partial charge in [0.1, 0.15) is 11.5 Å². The number of nitrogens with one attached hydrogen (secondary N) is 1. The maximum atomic E-state index is 11.9. The second-order valence-corrected chi connectivity index (χ2v) is 6.89. The molecule has 0 atom stereocenters. The second kappa shape index (κ2) is 9.90. The van der Waals surface area contributed by atoms with Crippen LogP contribution in [0.25, 0.3) is 0 Å². The van der Waals surface area contributed by atoms with Gasteiger partial charge in [0.15, 0.2) is 6.61 Å². The average Bonchev–Trinajstić information content (AvgIpc) is 3.23. The molecule has 0 saturated carbocycles. The van der Waals surface area contributed by atoms with Gasteiger partial charge in [-0.15, -0.1) is 0 Å². The predicted octanol–water partition coefficient (Wildman–Crippen LogP) is 4.44. The molecule has 9 heteroatoms. The number of amides is 1. The van der Waals surface area contributed by atoms with Crippen LogP contribution in [0.3, 0.4) is 0 Å². The third-order valence-corrected chi connectivity index (χ3v) is 4.30. The van der Waals surface area contributed by atoms with Crippen LogP contribution in [0, 0.1) is 0 Å².